The predicted molar refractivity (Wildman–Crippen MR) is 142 cm³/mol. The van der Waals surface area contributed by atoms with Crippen LogP contribution in [0, 0.1) is 5.82 Å². The van der Waals surface area contributed by atoms with E-state index in [0.717, 1.165) is 17.3 Å². The van der Waals surface area contributed by atoms with Crippen LogP contribution in [0.15, 0.2) is 83.7 Å². The topological polar surface area (TPSA) is 97.5 Å². The molecule has 190 valence electrons. The summed E-state index contributed by atoms with van der Waals surface area (Å²) in [4.78, 5) is 32.2. The Morgan fingerprint density at radius 1 is 1.14 bits per heavy atom. The van der Waals surface area contributed by atoms with E-state index in [1.807, 2.05) is 42.2 Å². The average molecular weight is 521 g/mol. The summed E-state index contributed by atoms with van der Waals surface area (Å²) in [5.74, 6) is -1.10. The van der Waals surface area contributed by atoms with Gasteiger partial charge >= 0.3 is 5.97 Å². The standard InChI is InChI=1S/C28H26ClFN4O3/c1-3-17-16-34(18-9-6-5-7-10-18)26(14-19(17)28(36)37-4-2)33-27(35)20-13-21(23(30)15-22(20)29)24-11-8-12-25(31)32-24/h5-15H,3-4,16H2,1-2H3,(H2,31,32)(H,33,35). The fourth-order valence-electron chi connectivity index (χ4n) is 4.04. The van der Waals surface area contributed by atoms with Crippen LogP contribution in [0.5, 0.6) is 0 Å². The molecule has 0 saturated heterocycles. The number of anilines is 2. The quantitative estimate of drug-likeness (QED) is 0.400. The number of benzene rings is 2. The fourth-order valence-corrected chi connectivity index (χ4v) is 4.27. The van der Waals surface area contributed by atoms with Gasteiger partial charge in [-0.1, -0.05) is 42.8 Å². The van der Waals surface area contributed by atoms with Crippen LogP contribution in [0.3, 0.4) is 0 Å². The number of hydrogen-bond donors (Lipinski definition) is 2. The van der Waals surface area contributed by atoms with E-state index in [1.54, 1.807) is 31.2 Å². The van der Waals surface area contributed by atoms with E-state index in [-0.39, 0.29) is 34.3 Å². The van der Waals surface area contributed by atoms with Crippen LogP contribution in [0.2, 0.25) is 5.02 Å². The number of aromatic nitrogens is 1. The number of amides is 1. The van der Waals surface area contributed by atoms with Gasteiger partial charge in [0.2, 0.25) is 0 Å². The lowest BCUT2D eigenvalue weighted by atomic mass is 10.0. The maximum Gasteiger partial charge on any atom is 0.338 e. The van der Waals surface area contributed by atoms with Crippen molar-refractivity contribution in [3.8, 4) is 11.3 Å². The minimum absolute atomic E-state index is 0.0409. The van der Waals surface area contributed by atoms with Crippen LogP contribution in [-0.4, -0.2) is 30.0 Å². The summed E-state index contributed by atoms with van der Waals surface area (Å²) in [5.41, 5.74) is 8.23. The van der Waals surface area contributed by atoms with Crippen LogP contribution >= 0.6 is 11.6 Å². The van der Waals surface area contributed by atoms with Crippen molar-refractivity contribution in [1.82, 2.24) is 10.3 Å². The number of nitrogens with one attached hydrogen (secondary N) is 1. The number of nitrogen functional groups attached to an aromatic ring is 1. The molecule has 1 amide bonds. The average Bonchev–Trinajstić information content (AvgIpc) is 2.89. The Kier molecular flexibility index (Phi) is 7.89. The molecule has 0 bridgehead atoms. The van der Waals surface area contributed by atoms with Gasteiger partial charge in [0.1, 0.15) is 17.5 Å². The van der Waals surface area contributed by atoms with Crippen molar-refractivity contribution >= 4 is 35.0 Å². The Labute approximate surface area is 219 Å². The molecule has 1 aromatic heterocycles. The number of rotatable bonds is 7. The molecule has 0 radical (unpaired) electrons. The maximum atomic E-state index is 14.8. The lowest BCUT2D eigenvalue weighted by Gasteiger charge is -2.33. The number of halogens is 2. The highest BCUT2D eigenvalue weighted by Gasteiger charge is 2.27. The molecule has 0 unspecified atom stereocenters. The zero-order valence-electron chi connectivity index (χ0n) is 20.4. The van der Waals surface area contributed by atoms with E-state index >= 15 is 0 Å². The molecule has 0 fully saturated rings. The van der Waals surface area contributed by atoms with E-state index in [4.69, 9.17) is 22.1 Å². The van der Waals surface area contributed by atoms with Gasteiger partial charge in [0.15, 0.2) is 0 Å². The molecule has 3 aromatic rings. The van der Waals surface area contributed by atoms with Crippen LogP contribution in [0.1, 0.15) is 30.6 Å². The molecule has 0 aliphatic carbocycles. The number of esters is 1. The third kappa shape index (κ3) is 5.65. The molecule has 7 nitrogen and oxygen atoms in total. The van der Waals surface area contributed by atoms with Gasteiger partial charge in [0.05, 0.1) is 28.5 Å². The highest BCUT2D eigenvalue weighted by atomic mass is 35.5. The third-order valence-corrected chi connectivity index (χ3v) is 6.19. The summed E-state index contributed by atoms with van der Waals surface area (Å²) in [6.45, 7) is 4.29. The molecular formula is C28H26ClFN4O3. The Morgan fingerprint density at radius 3 is 2.57 bits per heavy atom. The van der Waals surface area contributed by atoms with E-state index in [2.05, 4.69) is 10.3 Å². The predicted octanol–water partition coefficient (Wildman–Crippen LogP) is 5.48. The molecule has 0 spiro atoms. The number of carbonyl (C=O) groups excluding carboxylic acids is 2. The minimum atomic E-state index is -0.637. The maximum absolute atomic E-state index is 14.8. The van der Waals surface area contributed by atoms with E-state index in [0.29, 0.717) is 24.4 Å². The zero-order chi connectivity index (χ0) is 26.5. The number of para-hydroxylation sites is 1. The molecule has 0 saturated carbocycles. The Bertz CT molecular complexity index is 1410. The SMILES string of the molecule is CCOC(=O)C1=C(CC)CN(c2ccccc2)C(NC(=O)c2cc(-c3cccc(N)n3)c(F)cc2Cl)=C1. The van der Waals surface area contributed by atoms with Crippen molar-refractivity contribution in [1.29, 1.82) is 0 Å². The lowest BCUT2D eigenvalue weighted by molar-refractivity contribution is -0.138. The van der Waals surface area contributed by atoms with Crippen LogP contribution < -0.4 is 16.0 Å². The van der Waals surface area contributed by atoms with Gasteiger partial charge in [0, 0.05) is 17.8 Å². The second-order valence-corrected chi connectivity index (χ2v) is 8.66. The third-order valence-electron chi connectivity index (χ3n) is 5.88. The summed E-state index contributed by atoms with van der Waals surface area (Å²) in [5, 5.41) is 2.79. The van der Waals surface area contributed by atoms with Gasteiger partial charge in [0.25, 0.3) is 5.91 Å². The van der Waals surface area contributed by atoms with E-state index < -0.39 is 17.7 Å². The Balaban J connectivity index is 1.75. The summed E-state index contributed by atoms with van der Waals surface area (Å²) in [6.07, 6.45) is 2.22. The monoisotopic (exact) mass is 520 g/mol. The summed E-state index contributed by atoms with van der Waals surface area (Å²) >= 11 is 6.29. The number of carbonyl (C=O) groups is 2. The second-order valence-electron chi connectivity index (χ2n) is 8.26. The molecule has 2 aromatic carbocycles. The largest absolute Gasteiger partial charge is 0.462 e. The van der Waals surface area contributed by atoms with Crippen molar-refractivity contribution in [2.75, 3.05) is 23.8 Å². The van der Waals surface area contributed by atoms with Crippen LogP contribution in [0.4, 0.5) is 15.9 Å². The number of pyridine rings is 1. The highest BCUT2D eigenvalue weighted by molar-refractivity contribution is 6.34. The van der Waals surface area contributed by atoms with Gasteiger partial charge in [-0.2, -0.15) is 0 Å². The number of nitrogens with two attached hydrogens (primary N) is 1. The molecule has 37 heavy (non-hydrogen) atoms. The molecule has 0 atom stereocenters. The Morgan fingerprint density at radius 2 is 1.89 bits per heavy atom. The molecule has 9 heteroatoms. The smallest absolute Gasteiger partial charge is 0.338 e. The molecule has 4 rings (SSSR count). The van der Waals surface area contributed by atoms with Crippen LogP contribution in [0.25, 0.3) is 11.3 Å². The number of ether oxygens (including phenoxy) is 1. The van der Waals surface area contributed by atoms with Gasteiger partial charge in [-0.05, 0) is 61.4 Å². The summed E-state index contributed by atoms with van der Waals surface area (Å²) in [7, 11) is 0. The van der Waals surface area contributed by atoms with Gasteiger partial charge in [-0.15, -0.1) is 0 Å². The minimum Gasteiger partial charge on any atom is -0.462 e. The van der Waals surface area contributed by atoms with E-state index in [1.165, 1.54) is 6.07 Å². The molecule has 2 heterocycles. The number of hydrogen-bond acceptors (Lipinski definition) is 6. The van der Waals surface area contributed by atoms with Crippen molar-refractivity contribution in [2.24, 2.45) is 0 Å². The lowest BCUT2D eigenvalue weighted by Crippen LogP contribution is -2.39. The first-order valence-corrected chi connectivity index (χ1v) is 12.2. The summed E-state index contributed by atoms with van der Waals surface area (Å²) < 4.78 is 20.0. The number of nitrogens with zero attached hydrogens (tertiary/aromatic N) is 2. The van der Waals surface area contributed by atoms with Crippen molar-refractivity contribution < 1.29 is 18.7 Å². The van der Waals surface area contributed by atoms with E-state index in [9.17, 15) is 14.0 Å². The normalized spacial score (nSPS) is 13.3. The zero-order valence-corrected chi connectivity index (χ0v) is 21.2. The second kappa shape index (κ2) is 11.3. The van der Waals surface area contributed by atoms with Gasteiger partial charge in [-0.25, -0.2) is 14.2 Å². The van der Waals surface area contributed by atoms with Crippen molar-refractivity contribution in [3.63, 3.8) is 0 Å². The highest BCUT2D eigenvalue weighted by Crippen LogP contribution is 2.31. The fraction of sp³-hybridized carbons (Fsp3) is 0.179. The summed E-state index contributed by atoms with van der Waals surface area (Å²) in [6, 6.07) is 16.7. The van der Waals surface area contributed by atoms with Crippen molar-refractivity contribution in [3.05, 3.63) is 100 Å². The molecule has 1 aliphatic rings. The molecule has 1 aliphatic heterocycles. The van der Waals surface area contributed by atoms with Crippen LogP contribution in [-0.2, 0) is 9.53 Å². The first kappa shape index (κ1) is 25.9. The molecule has 3 N–H and O–H groups in total. The van der Waals surface area contributed by atoms with Gasteiger partial charge < -0.3 is 20.7 Å². The Hall–Kier alpha value is -4.17. The van der Waals surface area contributed by atoms with Crippen molar-refractivity contribution in [2.45, 2.75) is 20.3 Å². The first-order valence-electron chi connectivity index (χ1n) is 11.8. The molecular weight excluding hydrogens is 495 g/mol. The first-order chi connectivity index (χ1) is 17.8. The van der Waals surface area contributed by atoms with Gasteiger partial charge in [-0.3, -0.25) is 4.79 Å².